The minimum atomic E-state index is -0.514. The summed E-state index contributed by atoms with van der Waals surface area (Å²) in [5.41, 5.74) is 7.85. The molecule has 0 spiro atoms. The van der Waals surface area contributed by atoms with E-state index in [1.54, 1.807) is 11.0 Å². The lowest BCUT2D eigenvalue weighted by Gasteiger charge is -2.23. The highest BCUT2D eigenvalue weighted by Gasteiger charge is 2.36. The molecule has 4 heteroatoms. The van der Waals surface area contributed by atoms with Crippen LogP contribution < -0.4 is 5.73 Å². The third-order valence-electron chi connectivity index (χ3n) is 3.23. The Morgan fingerprint density at radius 1 is 1.47 bits per heavy atom. The van der Waals surface area contributed by atoms with Crippen LogP contribution in [0, 0.1) is 0 Å². The minimum Gasteiger partial charge on any atom is -0.398 e. The Labute approximate surface area is 100 Å². The fourth-order valence-corrected chi connectivity index (χ4v) is 2.50. The average Bonchev–Trinajstić information content (AvgIpc) is 2.57. The summed E-state index contributed by atoms with van der Waals surface area (Å²) in [5, 5.41) is 0. The van der Waals surface area contributed by atoms with E-state index in [0.717, 1.165) is 18.4 Å². The lowest BCUT2D eigenvalue weighted by molar-refractivity contribution is 0.0704. The smallest absolute Gasteiger partial charge is 0.256 e. The van der Waals surface area contributed by atoms with E-state index >= 15 is 0 Å². The van der Waals surface area contributed by atoms with Gasteiger partial charge in [-0.1, -0.05) is 25.5 Å². The molecule has 0 bridgehead atoms. The van der Waals surface area contributed by atoms with Crippen LogP contribution in [0.4, 0.5) is 10.1 Å². The van der Waals surface area contributed by atoms with Crippen molar-refractivity contribution in [1.29, 1.82) is 0 Å². The van der Waals surface area contributed by atoms with Gasteiger partial charge in [-0.3, -0.25) is 4.79 Å². The lowest BCUT2D eigenvalue weighted by Crippen LogP contribution is -2.30. The van der Waals surface area contributed by atoms with E-state index in [9.17, 15) is 9.18 Å². The van der Waals surface area contributed by atoms with Crippen molar-refractivity contribution < 1.29 is 9.18 Å². The molecule has 3 nitrogen and oxygen atoms in total. The van der Waals surface area contributed by atoms with E-state index in [4.69, 9.17) is 5.73 Å². The molecule has 2 N–H and O–H groups in total. The molecule has 0 radical (unpaired) electrons. The Hall–Kier alpha value is -1.58. The van der Waals surface area contributed by atoms with Crippen LogP contribution in [0.5, 0.6) is 0 Å². The summed E-state index contributed by atoms with van der Waals surface area (Å²) in [7, 11) is 0. The molecule has 1 aliphatic rings. The van der Waals surface area contributed by atoms with Gasteiger partial charge in [0.1, 0.15) is 6.67 Å². The third kappa shape index (κ3) is 1.88. The van der Waals surface area contributed by atoms with Crippen molar-refractivity contribution in [3.8, 4) is 0 Å². The van der Waals surface area contributed by atoms with Crippen molar-refractivity contribution in [3.05, 3.63) is 29.3 Å². The second-order valence-corrected chi connectivity index (χ2v) is 4.30. The summed E-state index contributed by atoms with van der Waals surface area (Å²) in [5.74, 6) is -0.130. The van der Waals surface area contributed by atoms with Gasteiger partial charge in [-0.2, -0.15) is 0 Å². The lowest BCUT2D eigenvalue weighted by atomic mass is 10.00. The van der Waals surface area contributed by atoms with Gasteiger partial charge in [0.15, 0.2) is 0 Å². The SMILES string of the molecule is CCCC1c2cccc(N)c2C(=O)N1CCF. The Balaban J connectivity index is 2.43. The normalized spacial score (nSPS) is 18.6. The first kappa shape index (κ1) is 11.9. The van der Waals surface area contributed by atoms with Crippen molar-refractivity contribution >= 4 is 11.6 Å². The number of rotatable bonds is 4. The maximum atomic E-state index is 12.5. The molecule has 17 heavy (non-hydrogen) atoms. The van der Waals surface area contributed by atoms with E-state index in [2.05, 4.69) is 6.92 Å². The molecular formula is C13H17FN2O. The van der Waals surface area contributed by atoms with Crippen LogP contribution in [-0.2, 0) is 0 Å². The zero-order valence-corrected chi connectivity index (χ0v) is 9.95. The zero-order chi connectivity index (χ0) is 12.4. The maximum absolute atomic E-state index is 12.5. The quantitative estimate of drug-likeness (QED) is 0.816. The van der Waals surface area contributed by atoms with Gasteiger partial charge in [-0.15, -0.1) is 0 Å². The largest absolute Gasteiger partial charge is 0.398 e. The number of nitrogen functional groups attached to an aromatic ring is 1. The van der Waals surface area contributed by atoms with Crippen LogP contribution in [-0.4, -0.2) is 24.0 Å². The first-order valence-electron chi connectivity index (χ1n) is 5.96. The first-order chi connectivity index (χ1) is 8.20. The standard InChI is InChI=1S/C13H17FN2O/c1-2-4-11-9-5-3-6-10(15)12(9)13(17)16(11)8-7-14/h3,5-6,11H,2,4,7-8,15H2,1H3. The number of halogens is 1. The molecule has 2 rings (SSSR count). The summed E-state index contributed by atoms with van der Waals surface area (Å²) >= 11 is 0. The molecule has 0 saturated carbocycles. The first-order valence-corrected chi connectivity index (χ1v) is 5.96. The second-order valence-electron chi connectivity index (χ2n) is 4.30. The predicted molar refractivity (Wildman–Crippen MR) is 65.5 cm³/mol. The Bertz CT molecular complexity index is 433. The van der Waals surface area contributed by atoms with E-state index in [1.807, 2.05) is 12.1 Å². The topological polar surface area (TPSA) is 46.3 Å². The summed E-state index contributed by atoms with van der Waals surface area (Å²) in [6.07, 6.45) is 1.80. The van der Waals surface area contributed by atoms with E-state index in [0.29, 0.717) is 11.3 Å². The molecule has 1 heterocycles. The molecule has 1 atom stereocenters. The van der Waals surface area contributed by atoms with Crippen LogP contribution in [0.25, 0.3) is 0 Å². The highest BCUT2D eigenvalue weighted by molar-refractivity contribution is 6.03. The number of hydrogen-bond acceptors (Lipinski definition) is 2. The highest BCUT2D eigenvalue weighted by atomic mass is 19.1. The average molecular weight is 236 g/mol. The molecule has 0 fully saturated rings. The van der Waals surface area contributed by atoms with Crippen LogP contribution in [0.3, 0.4) is 0 Å². The number of nitrogens with two attached hydrogens (primary N) is 1. The van der Waals surface area contributed by atoms with Crippen molar-refractivity contribution in [2.75, 3.05) is 19.0 Å². The number of hydrogen-bond donors (Lipinski definition) is 1. The molecule has 0 aromatic heterocycles. The number of benzene rings is 1. The van der Waals surface area contributed by atoms with Gasteiger partial charge in [0.05, 0.1) is 11.6 Å². The maximum Gasteiger partial charge on any atom is 0.256 e. The van der Waals surface area contributed by atoms with E-state index < -0.39 is 6.67 Å². The van der Waals surface area contributed by atoms with Gasteiger partial charge in [0.25, 0.3) is 5.91 Å². The Morgan fingerprint density at radius 2 is 2.24 bits per heavy atom. The molecule has 0 aliphatic carbocycles. The van der Waals surface area contributed by atoms with Gasteiger partial charge >= 0.3 is 0 Å². The fourth-order valence-electron chi connectivity index (χ4n) is 2.50. The molecule has 1 amide bonds. The molecule has 1 aromatic carbocycles. The molecular weight excluding hydrogens is 219 g/mol. The number of fused-ring (bicyclic) bond motifs is 1. The summed E-state index contributed by atoms with van der Waals surface area (Å²) in [6, 6.07) is 5.48. The predicted octanol–water partition coefficient (Wildman–Crippen LogP) is 2.54. The van der Waals surface area contributed by atoms with Gasteiger partial charge in [0, 0.05) is 12.2 Å². The summed E-state index contributed by atoms with van der Waals surface area (Å²) in [6.45, 7) is 1.69. The number of anilines is 1. The molecule has 92 valence electrons. The van der Waals surface area contributed by atoms with E-state index in [-0.39, 0.29) is 18.5 Å². The van der Waals surface area contributed by atoms with Crippen molar-refractivity contribution in [2.45, 2.75) is 25.8 Å². The fraction of sp³-hybridized carbons (Fsp3) is 0.462. The third-order valence-corrected chi connectivity index (χ3v) is 3.23. The number of nitrogens with zero attached hydrogens (tertiary/aromatic N) is 1. The van der Waals surface area contributed by atoms with Crippen LogP contribution in [0.2, 0.25) is 0 Å². The van der Waals surface area contributed by atoms with Crippen molar-refractivity contribution in [2.24, 2.45) is 0 Å². The number of alkyl halides is 1. The summed E-state index contributed by atoms with van der Waals surface area (Å²) in [4.78, 5) is 13.8. The Kier molecular flexibility index (Phi) is 3.31. The van der Waals surface area contributed by atoms with Gasteiger partial charge in [-0.25, -0.2) is 4.39 Å². The van der Waals surface area contributed by atoms with Gasteiger partial charge in [0.2, 0.25) is 0 Å². The van der Waals surface area contributed by atoms with Crippen LogP contribution >= 0.6 is 0 Å². The summed E-state index contributed by atoms with van der Waals surface area (Å²) < 4.78 is 12.5. The minimum absolute atomic E-state index is 0.0123. The number of amides is 1. The monoisotopic (exact) mass is 236 g/mol. The Morgan fingerprint density at radius 3 is 2.88 bits per heavy atom. The van der Waals surface area contributed by atoms with Crippen molar-refractivity contribution in [1.82, 2.24) is 4.90 Å². The second kappa shape index (κ2) is 4.73. The van der Waals surface area contributed by atoms with Crippen LogP contribution in [0.15, 0.2) is 18.2 Å². The van der Waals surface area contributed by atoms with Gasteiger partial charge in [-0.05, 0) is 18.1 Å². The van der Waals surface area contributed by atoms with Gasteiger partial charge < -0.3 is 10.6 Å². The highest BCUT2D eigenvalue weighted by Crippen LogP contribution is 2.38. The van der Waals surface area contributed by atoms with E-state index in [1.165, 1.54) is 0 Å². The number of carbonyl (C=O) groups excluding carboxylic acids is 1. The van der Waals surface area contributed by atoms with Crippen molar-refractivity contribution in [3.63, 3.8) is 0 Å². The molecule has 1 aliphatic heterocycles. The molecule has 0 saturated heterocycles. The number of carbonyl (C=O) groups is 1. The molecule has 1 unspecified atom stereocenters. The zero-order valence-electron chi connectivity index (χ0n) is 9.95. The van der Waals surface area contributed by atoms with Crippen LogP contribution in [0.1, 0.15) is 41.7 Å². The molecule has 1 aromatic rings.